The van der Waals surface area contributed by atoms with E-state index in [1.807, 2.05) is 30.3 Å². The topological polar surface area (TPSA) is 68.4 Å². The molecule has 2 aromatic carbocycles. The number of aliphatic hydroxyl groups is 1. The molecular weight excluding hydrogens is 462 g/mol. The highest BCUT2D eigenvalue weighted by Crippen LogP contribution is 2.53. The van der Waals surface area contributed by atoms with Gasteiger partial charge in [0.05, 0.1) is 11.0 Å². The van der Waals surface area contributed by atoms with Crippen molar-refractivity contribution in [2.45, 2.75) is 50.8 Å². The number of nitrogens with zero attached hydrogens (tertiary/aromatic N) is 2. The summed E-state index contributed by atoms with van der Waals surface area (Å²) in [7, 11) is 3.50. The van der Waals surface area contributed by atoms with Gasteiger partial charge < -0.3 is 27.6 Å². The minimum Gasteiger partial charge on any atom is -1.00 e. The lowest BCUT2D eigenvalue weighted by Crippen LogP contribution is -3.00. The summed E-state index contributed by atoms with van der Waals surface area (Å²) < 4.78 is 9.09. The molecule has 0 radical (unpaired) electrons. The highest BCUT2D eigenvalue weighted by molar-refractivity contribution is 5.77. The molecule has 1 unspecified atom stereocenters. The molecule has 1 atom stereocenters. The minimum absolute atomic E-state index is 0. The lowest BCUT2D eigenvalue weighted by atomic mass is 9.54. The number of hydrogen-bond acceptors (Lipinski definition) is 4. The van der Waals surface area contributed by atoms with E-state index in [0.717, 1.165) is 52.6 Å². The highest BCUT2D eigenvalue weighted by atomic mass is 35.5. The standard InChI is InChI=1S/C28H35N3O3.ClH/c1-30-24-8-5-20(14-25(24)31(2)28(30)33)26(32)16-34-23-6-3-17(4-7-23)15-29-27-21-10-18-9-19(12-21)13-22(27)11-18;/h3-8,14,18-19,21-22,26-27,29,32H,9-13,15-16H2,1-2H3;1H/p-1. The largest absolute Gasteiger partial charge is 1.00 e. The quantitative estimate of drug-likeness (QED) is 0.510. The molecule has 4 bridgehead atoms. The molecule has 3 aromatic rings. The Kier molecular flexibility index (Phi) is 6.73. The lowest BCUT2D eigenvalue weighted by Gasteiger charge is -2.54. The molecule has 0 spiro atoms. The monoisotopic (exact) mass is 496 g/mol. The molecule has 0 saturated heterocycles. The molecule has 4 saturated carbocycles. The summed E-state index contributed by atoms with van der Waals surface area (Å²) in [5.74, 6) is 4.55. The number of hydrogen-bond donors (Lipinski definition) is 2. The number of imidazole rings is 1. The summed E-state index contributed by atoms with van der Waals surface area (Å²) >= 11 is 0. The summed E-state index contributed by atoms with van der Waals surface area (Å²) in [5, 5.41) is 14.6. The summed E-state index contributed by atoms with van der Waals surface area (Å²) in [4.78, 5) is 12.1. The Hall–Kier alpha value is -2.28. The Morgan fingerprint density at radius 1 is 0.943 bits per heavy atom. The van der Waals surface area contributed by atoms with Gasteiger partial charge in [0.15, 0.2) is 0 Å². The van der Waals surface area contributed by atoms with Gasteiger partial charge >= 0.3 is 5.69 Å². The molecule has 7 rings (SSSR count). The van der Waals surface area contributed by atoms with Crippen molar-refractivity contribution < 1.29 is 22.3 Å². The van der Waals surface area contributed by atoms with Gasteiger partial charge in [-0.15, -0.1) is 0 Å². The highest BCUT2D eigenvalue weighted by Gasteiger charge is 2.47. The van der Waals surface area contributed by atoms with Gasteiger partial charge in [-0.2, -0.15) is 0 Å². The van der Waals surface area contributed by atoms with Crippen molar-refractivity contribution >= 4 is 11.0 Å². The second-order valence-corrected chi connectivity index (χ2v) is 11.0. The van der Waals surface area contributed by atoms with Gasteiger partial charge in [0.2, 0.25) is 0 Å². The van der Waals surface area contributed by atoms with E-state index in [0.29, 0.717) is 6.04 Å². The van der Waals surface area contributed by atoms with Crippen LogP contribution in [0.25, 0.3) is 11.0 Å². The fraction of sp³-hybridized carbons (Fsp3) is 0.536. The molecule has 0 aliphatic heterocycles. The van der Waals surface area contributed by atoms with Gasteiger partial charge in [-0.1, -0.05) is 18.2 Å². The molecule has 7 heteroatoms. The normalized spacial score (nSPS) is 27.7. The van der Waals surface area contributed by atoms with Gasteiger partial charge in [-0.05, 0) is 91.2 Å². The van der Waals surface area contributed by atoms with Crippen LogP contribution in [0, 0.1) is 23.7 Å². The zero-order valence-corrected chi connectivity index (χ0v) is 21.2. The van der Waals surface area contributed by atoms with E-state index in [1.54, 1.807) is 23.2 Å². The van der Waals surface area contributed by atoms with Crippen molar-refractivity contribution in [3.63, 3.8) is 0 Å². The Bertz CT molecular complexity index is 1220. The van der Waals surface area contributed by atoms with Crippen molar-refractivity contribution in [1.82, 2.24) is 14.5 Å². The van der Waals surface area contributed by atoms with E-state index in [9.17, 15) is 9.90 Å². The van der Waals surface area contributed by atoms with Crippen molar-refractivity contribution in [3.8, 4) is 5.75 Å². The molecule has 4 aliphatic carbocycles. The predicted molar refractivity (Wildman–Crippen MR) is 133 cm³/mol. The third-order valence-corrected chi connectivity index (χ3v) is 8.78. The van der Waals surface area contributed by atoms with Crippen molar-refractivity contribution in [1.29, 1.82) is 0 Å². The predicted octanol–water partition coefficient (Wildman–Crippen LogP) is 0.908. The zero-order chi connectivity index (χ0) is 23.4. The van der Waals surface area contributed by atoms with Crippen molar-refractivity contribution in [3.05, 3.63) is 64.1 Å². The van der Waals surface area contributed by atoms with Gasteiger partial charge in [-0.25, -0.2) is 4.79 Å². The first-order valence-corrected chi connectivity index (χ1v) is 12.7. The van der Waals surface area contributed by atoms with Crippen LogP contribution in [0.2, 0.25) is 0 Å². The smallest absolute Gasteiger partial charge is 0.328 e. The second-order valence-electron chi connectivity index (χ2n) is 11.0. The molecule has 6 nitrogen and oxygen atoms in total. The molecule has 1 heterocycles. The first-order valence-electron chi connectivity index (χ1n) is 12.7. The van der Waals surface area contributed by atoms with E-state index in [2.05, 4.69) is 17.4 Å². The summed E-state index contributed by atoms with van der Waals surface area (Å²) in [6.45, 7) is 1.07. The number of aromatic nitrogens is 2. The number of aliphatic hydroxyl groups excluding tert-OH is 1. The number of aryl methyl sites for hydroxylation is 2. The lowest BCUT2D eigenvalue weighted by molar-refractivity contribution is -0.0142. The molecule has 1 aromatic heterocycles. The average molecular weight is 497 g/mol. The Balaban J connectivity index is 0.00000253. The molecular formula is C28H35ClN3O3-. The van der Waals surface area contributed by atoms with Gasteiger partial charge in [0, 0.05) is 26.7 Å². The molecule has 4 aliphatic rings. The van der Waals surface area contributed by atoms with Crippen LogP contribution >= 0.6 is 0 Å². The number of halogens is 1. The number of ether oxygens (including phenoxy) is 1. The van der Waals surface area contributed by atoms with E-state index in [-0.39, 0.29) is 24.7 Å². The Morgan fingerprint density at radius 2 is 1.57 bits per heavy atom. The van der Waals surface area contributed by atoms with Gasteiger partial charge in [0.25, 0.3) is 0 Å². The van der Waals surface area contributed by atoms with Crippen LogP contribution in [0.3, 0.4) is 0 Å². The van der Waals surface area contributed by atoms with E-state index in [4.69, 9.17) is 4.74 Å². The fourth-order valence-electron chi connectivity index (χ4n) is 7.20. The van der Waals surface area contributed by atoms with Crippen molar-refractivity contribution in [2.75, 3.05) is 6.61 Å². The molecule has 2 N–H and O–H groups in total. The van der Waals surface area contributed by atoms with Crippen molar-refractivity contribution in [2.24, 2.45) is 37.8 Å². The van der Waals surface area contributed by atoms with Crippen LogP contribution in [0.15, 0.2) is 47.3 Å². The maximum absolute atomic E-state index is 12.1. The average Bonchev–Trinajstić information content (AvgIpc) is 3.06. The zero-order valence-electron chi connectivity index (χ0n) is 20.5. The van der Waals surface area contributed by atoms with Crippen LogP contribution in [0.4, 0.5) is 0 Å². The van der Waals surface area contributed by atoms with E-state index >= 15 is 0 Å². The van der Waals surface area contributed by atoms with E-state index in [1.165, 1.54) is 37.7 Å². The SMILES string of the molecule is Cn1c(=O)n(C)c2cc(C(O)COc3ccc(CNC4C5CC6CC(C5)CC4C6)cc3)ccc21.[Cl-]. The second kappa shape index (κ2) is 9.64. The van der Waals surface area contributed by atoms with Gasteiger partial charge in [0.1, 0.15) is 18.5 Å². The number of fused-ring (bicyclic) bond motifs is 1. The van der Waals surface area contributed by atoms with E-state index < -0.39 is 6.10 Å². The number of benzene rings is 2. The third-order valence-electron chi connectivity index (χ3n) is 8.78. The first-order chi connectivity index (χ1) is 16.5. The first kappa shape index (κ1) is 24.4. The fourth-order valence-corrected chi connectivity index (χ4v) is 7.20. The molecule has 188 valence electrons. The van der Waals surface area contributed by atoms with Crippen LogP contribution in [0.5, 0.6) is 5.75 Å². The maximum Gasteiger partial charge on any atom is 0.328 e. The minimum atomic E-state index is -0.766. The van der Waals surface area contributed by atoms with Gasteiger partial charge in [-0.3, -0.25) is 9.13 Å². The van der Waals surface area contributed by atoms with Crippen LogP contribution in [0.1, 0.15) is 49.3 Å². The van der Waals surface area contributed by atoms with Crippen LogP contribution in [-0.4, -0.2) is 26.9 Å². The number of rotatable bonds is 7. The summed E-state index contributed by atoms with van der Waals surface area (Å²) in [5.41, 5.74) is 3.60. The Labute approximate surface area is 212 Å². The number of nitrogens with one attached hydrogen (secondary N) is 1. The Morgan fingerprint density at radius 3 is 2.23 bits per heavy atom. The molecule has 0 amide bonds. The summed E-state index contributed by atoms with van der Waals surface area (Å²) in [6.07, 6.45) is 6.48. The van der Waals surface area contributed by atoms with Crippen LogP contribution < -0.4 is 28.2 Å². The maximum atomic E-state index is 12.1. The van der Waals surface area contributed by atoms with Crippen LogP contribution in [-0.2, 0) is 20.6 Å². The third kappa shape index (κ3) is 4.52. The summed E-state index contributed by atoms with van der Waals surface area (Å²) in [6, 6.07) is 14.5. The molecule has 35 heavy (non-hydrogen) atoms. The molecule has 4 fully saturated rings.